The van der Waals surface area contributed by atoms with Crippen molar-refractivity contribution >= 4 is 5.97 Å². The van der Waals surface area contributed by atoms with Crippen molar-refractivity contribution in [3.8, 4) is 11.5 Å². The molecular formula is C19H22O4. The fourth-order valence-corrected chi connectivity index (χ4v) is 2.62. The van der Waals surface area contributed by atoms with Gasteiger partial charge >= 0.3 is 5.97 Å². The lowest BCUT2D eigenvalue weighted by molar-refractivity contribution is -0.138. The van der Waals surface area contributed by atoms with Crippen molar-refractivity contribution in [1.82, 2.24) is 0 Å². The van der Waals surface area contributed by atoms with Gasteiger partial charge in [-0.1, -0.05) is 18.2 Å². The molecule has 4 heteroatoms. The molecule has 0 fully saturated rings. The molecule has 2 aromatic rings. The van der Waals surface area contributed by atoms with Gasteiger partial charge in [-0.05, 0) is 61.2 Å². The summed E-state index contributed by atoms with van der Waals surface area (Å²) in [6.07, 6.45) is 0.439. The van der Waals surface area contributed by atoms with Crippen LogP contribution < -0.4 is 9.47 Å². The second-order valence-corrected chi connectivity index (χ2v) is 5.39. The van der Waals surface area contributed by atoms with Crippen molar-refractivity contribution < 1.29 is 19.4 Å². The third-order valence-electron chi connectivity index (χ3n) is 3.82. The second-order valence-electron chi connectivity index (χ2n) is 5.39. The van der Waals surface area contributed by atoms with E-state index in [-0.39, 0.29) is 0 Å². The first-order valence-corrected chi connectivity index (χ1v) is 7.64. The molecule has 0 aliphatic heterocycles. The minimum absolute atomic E-state index is 0.439. The number of methoxy groups -OCH3 is 1. The van der Waals surface area contributed by atoms with Crippen LogP contribution in [0, 0.1) is 6.92 Å². The van der Waals surface area contributed by atoms with Gasteiger partial charge in [0.15, 0.2) is 0 Å². The highest BCUT2D eigenvalue weighted by Crippen LogP contribution is 2.28. The maximum Gasteiger partial charge on any atom is 0.311 e. The molecule has 1 atom stereocenters. The highest BCUT2D eigenvalue weighted by molar-refractivity contribution is 5.77. The lowest BCUT2D eigenvalue weighted by atomic mass is 9.89. The fourth-order valence-electron chi connectivity index (χ4n) is 2.62. The summed E-state index contributed by atoms with van der Waals surface area (Å²) >= 11 is 0. The number of benzene rings is 2. The quantitative estimate of drug-likeness (QED) is 0.844. The number of carbonyl (C=O) groups is 1. The molecule has 0 aliphatic rings. The van der Waals surface area contributed by atoms with Gasteiger partial charge in [-0.25, -0.2) is 0 Å². The first-order chi connectivity index (χ1) is 11.0. The number of rotatable bonds is 7. The Bertz CT molecular complexity index is 662. The summed E-state index contributed by atoms with van der Waals surface area (Å²) < 4.78 is 10.6. The van der Waals surface area contributed by atoms with Gasteiger partial charge in [-0.3, -0.25) is 4.79 Å². The maximum atomic E-state index is 11.7. The van der Waals surface area contributed by atoms with Crippen molar-refractivity contribution in [2.45, 2.75) is 26.2 Å². The van der Waals surface area contributed by atoms with Gasteiger partial charge in [0.05, 0.1) is 19.6 Å². The van der Waals surface area contributed by atoms with Crippen LogP contribution in [0.5, 0.6) is 11.5 Å². The van der Waals surface area contributed by atoms with Gasteiger partial charge in [0.2, 0.25) is 0 Å². The summed E-state index contributed by atoms with van der Waals surface area (Å²) in [5.74, 6) is 0.117. The van der Waals surface area contributed by atoms with Gasteiger partial charge < -0.3 is 14.6 Å². The number of carboxylic acid groups (broad SMARTS) is 1. The van der Waals surface area contributed by atoms with Crippen LogP contribution in [0.15, 0.2) is 42.5 Å². The molecule has 4 nitrogen and oxygen atoms in total. The molecule has 0 aliphatic carbocycles. The fraction of sp³-hybridized carbons (Fsp3) is 0.316. The molecule has 1 N–H and O–H groups in total. The molecule has 2 aromatic carbocycles. The number of carboxylic acids is 1. The summed E-state index contributed by atoms with van der Waals surface area (Å²) in [5.41, 5.74) is 2.70. The Hall–Kier alpha value is -2.49. The second kappa shape index (κ2) is 7.68. The van der Waals surface area contributed by atoms with Crippen LogP contribution in [0.3, 0.4) is 0 Å². The van der Waals surface area contributed by atoms with Crippen LogP contribution in [-0.4, -0.2) is 24.8 Å². The molecule has 0 saturated carbocycles. The van der Waals surface area contributed by atoms with E-state index in [2.05, 4.69) is 0 Å². The number of ether oxygens (including phenoxy) is 2. The molecule has 0 aromatic heterocycles. The van der Waals surface area contributed by atoms with Crippen molar-refractivity contribution in [3.63, 3.8) is 0 Å². The van der Waals surface area contributed by atoms with Crippen LogP contribution in [0.1, 0.15) is 29.5 Å². The SMILES string of the molecule is CCOc1ccc(CC(C(=O)O)c2ccc(OC)cc2C)cc1. The van der Waals surface area contributed by atoms with Gasteiger partial charge in [0, 0.05) is 0 Å². The van der Waals surface area contributed by atoms with E-state index in [1.165, 1.54) is 0 Å². The van der Waals surface area contributed by atoms with Gasteiger partial charge in [-0.15, -0.1) is 0 Å². The average molecular weight is 314 g/mol. The van der Waals surface area contributed by atoms with E-state index in [1.807, 2.05) is 50.2 Å². The Morgan fingerprint density at radius 3 is 2.30 bits per heavy atom. The van der Waals surface area contributed by atoms with Gasteiger partial charge in [-0.2, -0.15) is 0 Å². The zero-order chi connectivity index (χ0) is 16.8. The van der Waals surface area contributed by atoms with E-state index in [0.29, 0.717) is 13.0 Å². The zero-order valence-corrected chi connectivity index (χ0v) is 13.7. The third-order valence-corrected chi connectivity index (χ3v) is 3.82. The van der Waals surface area contributed by atoms with E-state index in [4.69, 9.17) is 9.47 Å². The standard InChI is InChI=1S/C19H22O4/c1-4-23-15-7-5-14(6-8-15)12-18(19(20)21)17-10-9-16(22-3)11-13(17)2/h5-11,18H,4,12H2,1-3H3,(H,20,21). The Morgan fingerprint density at radius 1 is 1.13 bits per heavy atom. The Labute approximate surface area is 136 Å². The van der Waals surface area contributed by atoms with Crippen molar-refractivity contribution in [2.24, 2.45) is 0 Å². The molecule has 2 rings (SSSR count). The Balaban J connectivity index is 2.23. The summed E-state index contributed by atoms with van der Waals surface area (Å²) in [6.45, 7) is 4.45. The monoisotopic (exact) mass is 314 g/mol. The normalized spacial score (nSPS) is 11.8. The van der Waals surface area contributed by atoms with Crippen molar-refractivity contribution in [1.29, 1.82) is 0 Å². The summed E-state index contributed by atoms with van der Waals surface area (Å²) in [4.78, 5) is 11.7. The molecule has 0 spiro atoms. The molecular weight excluding hydrogens is 292 g/mol. The summed E-state index contributed by atoms with van der Waals surface area (Å²) in [5, 5.41) is 9.62. The molecule has 23 heavy (non-hydrogen) atoms. The molecule has 122 valence electrons. The van der Waals surface area contributed by atoms with Gasteiger partial charge in [0.25, 0.3) is 0 Å². The minimum atomic E-state index is -0.827. The Morgan fingerprint density at radius 2 is 1.78 bits per heavy atom. The van der Waals surface area contributed by atoms with Gasteiger partial charge in [0.1, 0.15) is 11.5 Å². The Kier molecular flexibility index (Phi) is 5.63. The van der Waals surface area contributed by atoms with E-state index >= 15 is 0 Å². The molecule has 0 heterocycles. The topological polar surface area (TPSA) is 55.8 Å². The zero-order valence-electron chi connectivity index (χ0n) is 13.7. The van der Waals surface area contributed by atoms with Crippen LogP contribution in [0.25, 0.3) is 0 Å². The predicted molar refractivity (Wildman–Crippen MR) is 89.4 cm³/mol. The van der Waals surface area contributed by atoms with Crippen LogP contribution in [0.4, 0.5) is 0 Å². The summed E-state index contributed by atoms with van der Waals surface area (Å²) in [6, 6.07) is 13.1. The van der Waals surface area contributed by atoms with E-state index in [9.17, 15) is 9.90 Å². The lowest BCUT2D eigenvalue weighted by Gasteiger charge is -2.16. The van der Waals surface area contributed by atoms with Crippen molar-refractivity contribution in [3.05, 3.63) is 59.2 Å². The first kappa shape index (κ1) is 16.9. The largest absolute Gasteiger partial charge is 0.497 e. The lowest BCUT2D eigenvalue weighted by Crippen LogP contribution is -2.15. The highest BCUT2D eigenvalue weighted by atomic mass is 16.5. The number of aliphatic carboxylic acids is 1. The highest BCUT2D eigenvalue weighted by Gasteiger charge is 2.22. The van der Waals surface area contributed by atoms with Crippen LogP contribution >= 0.6 is 0 Å². The third kappa shape index (κ3) is 4.25. The smallest absolute Gasteiger partial charge is 0.311 e. The number of hydrogen-bond acceptors (Lipinski definition) is 3. The first-order valence-electron chi connectivity index (χ1n) is 7.64. The van der Waals surface area contributed by atoms with Crippen molar-refractivity contribution in [2.75, 3.05) is 13.7 Å². The molecule has 0 amide bonds. The predicted octanol–water partition coefficient (Wildman–Crippen LogP) is 3.81. The van der Waals surface area contributed by atoms with E-state index in [0.717, 1.165) is 28.2 Å². The molecule has 1 unspecified atom stereocenters. The summed E-state index contributed by atoms with van der Waals surface area (Å²) in [7, 11) is 1.60. The molecule has 0 radical (unpaired) electrons. The number of aryl methyl sites for hydroxylation is 1. The van der Waals surface area contributed by atoms with Crippen LogP contribution in [0.2, 0.25) is 0 Å². The minimum Gasteiger partial charge on any atom is -0.497 e. The van der Waals surface area contributed by atoms with E-state index < -0.39 is 11.9 Å². The average Bonchev–Trinajstić information content (AvgIpc) is 2.54. The van der Waals surface area contributed by atoms with Crippen LogP contribution in [-0.2, 0) is 11.2 Å². The number of hydrogen-bond donors (Lipinski definition) is 1. The molecule has 0 saturated heterocycles. The van der Waals surface area contributed by atoms with E-state index in [1.54, 1.807) is 13.2 Å². The maximum absolute atomic E-state index is 11.7. The molecule has 0 bridgehead atoms.